The van der Waals surface area contributed by atoms with Gasteiger partial charge in [-0.05, 0) is 32.9 Å². The molecule has 6 nitrogen and oxygen atoms in total. The maximum Gasteiger partial charge on any atom is 0.407 e. The fraction of sp³-hybridized carbons (Fsp3) is 0.462. The Labute approximate surface area is 113 Å². The first kappa shape index (κ1) is 14.9. The Morgan fingerprint density at radius 3 is 2.63 bits per heavy atom. The molecule has 6 heteroatoms. The van der Waals surface area contributed by atoms with Gasteiger partial charge in [0.25, 0.3) is 0 Å². The van der Waals surface area contributed by atoms with Gasteiger partial charge in [-0.3, -0.25) is 0 Å². The summed E-state index contributed by atoms with van der Waals surface area (Å²) in [6.07, 6.45) is -0.475. The zero-order chi connectivity index (χ0) is 14.5. The smallest absolute Gasteiger partial charge is 0.407 e. The second kappa shape index (κ2) is 6.17. The minimum atomic E-state index is -0.511. The quantitative estimate of drug-likeness (QED) is 0.570. The number of rotatable bonds is 4. The van der Waals surface area contributed by atoms with Gasteiger partial charge in [0, 0.05) is 11.8 Å². The summed E-state index contributed by atoms with van der Waals surface area (Å²) in [4.78, 5) is 11.4. The Kier molecular flexibility index (Phi) is 4.86. The maximum atomic E-state index is 11.4. The Morgan fingerprint density at radius 1 is 1.32 bits per heavy atom. The number of amides is 1. The molecule has 0 aliphatic heterocycles. The highest BCUT2D eigenvalue weighted by Crippen LogP contribution is 2.23. The van der Waals surface area contributed by atoms with E-state index in [1.807, 2.05) is 0 Å². The van der Waals surface area contributed by atoms with E-state index in [4.69, 9.17) is 20.9 Å². The van der Waals surface area contributed by atoms with Gasteiger partial charge in [0.05, 0.1) is 12.2 Å². The third kappa shape index (κ3) is 5.85. The van der Waals surface area contributed by atoms with E-state index in [-0.39, 0.29) is 6.61 Å². The first-order valence-electron chi connectivity index (χ1n) is 6.02. The van der Waals surface area contributed by atoms with Crippen LogP contribution in [-0.2, 0) is 4.74 Å². The van der Waals surface area contributed by atoms with Crippen molar-refractivity contribution in [2.24, 2.45) is 0 Å². The van der Waals surface area contributed by atoms with Crippen LogP contribution in [0, 0.1) is 0 Å². The molecule has 1 amide bonds. The van der Waals surface area contributed by atoms with Crippen molar-refractivity contribution in [3.63, 3.8) is 0 Å². The highest BCUT2D eigenvalue weighted by atomic mass is 16.6. The molecular weight excluding hydrogens is 246 g/mol. The van der Waals surface area contributed by atoms with Gasteiger partial charge in [0.15, 0.2) is 0 Å². The Balaban J connectivity index is 2.31. The zero-order valence-electron chi connectivity index (χ0n) is 11.5. The van der Waals surface area contributed by atoms with Gasteiger partial charge >= 0.3 is 6.09 Å². The van der Waals surface area contributed by atoms with E-state index in [1.165, 1.54) is 0 Å². The van der Waals surface area contributed by atoms with Gasteiger partial charge in [0.2, 0.25) is 0 Å². The molecule has 1 rings (SSSR count). The molecule has 0 spiro atoms. The molecule has 0 fully saturated rings. The van der Waals surface area contributed by atoms with Gasteiger partial charge < -0.3 is 26.3 Å². The summed E-state index contributed by atoms with van der Waals surface area (Å²) in [7, 11) is 0. The zero-order valence-corrected chi connectivity index (χ0v) is 11.5. The number of hydrogen-bond donors (Lipinski definition) is 3. The highest BCUT2D eigenvalue weighted by Gasteiger charge is 2.15. The molecule has 0 saturated carbocycles. The van der Waals surface area contributed by atoms with E-state index >= 15 is 0 Å². The Bertz CT molecular complexity index is 441. The van der Waals surface area contributed by atoms with Crippen molar-refractivity contribution in [1.82, 2.24) is 5.32 Å². The lowest BCUT2D eigenvalue weighted by Crippen LogP contribution is -2.34. The molecule has 0 bridgehead atoms. The number of nitrogen functional groups attached to an aromatic ring is 2. The summed E-state index contributed by atoms with van der Waals surface area (Å²) in [6, 6.07) is 5.01. The molecule has 0 aliphatic carbocycles. The molecule has 0 heterocycles. The van der Waals surface area contributed by atoms with E-state index in [0.717, 1.165) is 0 Å². The first-order chi connectivity index (χ1) is 8.78. The number of carbonyl (C=O) groups is 1. The predicted octanol–water partition coefficient (Wildman–Crippen LogP) is 1.75. The molecule has 1 aromatic rings. The van der Waals surface area contributed by atoms with Gasteiger partial charge in [-0.25, -0.2) is 4.79 Å². The Hall–Kier alpha value is -2.11. The lowest BCUT2D eigenvalue weighted by Gasteiger charge is -2.19. The lowest BCUT2D eigenvalue weighted by molar-refractivity contribution is 0.0520. The number of nitrogens with one attached hydrogen (secondary N) is 1. The van der Waals surface area contributed by atoms with Crippen LogP contribution in [0.5, 0.6) is 5.75 Å². The van der Waals surface area contributed by atoms with Crippen LogP contribution in [0.2, 0.25) is 0 Å². The van der Waals surface area contributed by atoms with Crippen molar-refractivity contribution in [2.45, 2.75) is 26.4 Å². The molecule has 0 aromatic heterocycles. The van der Waals surface area contributed by atoms with Crippen LogP contribution in [0.25, 0.3) is 0 Å². The van der Waals surface area contributed by atoms with Crippen LogP contribution in [0.4, 0.5) is 16.2 Å². The third-order valence-electron chi connectivity index (χ3n) is 2.07. The molecule has 0 saturated heterocycles. The number of nitrogens with two attached hydrogens (primary N) is 2. The van der Waals surface area contributed by atoms with Crippen molar-refractivity contribution >= 4 is 17.5 Å². The highest BCUT2D eigenvalue weighted by molar-refractivity contribution is 5.67. The van der Waals surface area contributed by atoms with Crippen LogP contribution in [-0.4, -0.2) is 24.8 Å². The number of anilines is 2. The predicted molar refractivity (Wildman–Crippen MR) is 75.0 cm³/mol. The Morgan fingerprint density at radius 2 is 2.00 bits per heavy atom. The summed E-state index contributed by atoms with van der Waals surface area (Å²) in [5.41, 5.74) is 11.9. The van der Waals surface area contributed by atoms with E-state index in [0.29, 0.717) is 23.7 Å². The minimum absolute atomic E-state index is 0.285. The van der Waals surface area contributed by atoms with E-state index in [1.54, 1.807) is 39.0 Å². The average Bonchev–Trinajstić information content (AvgIpc) is 2.26. The van der Waals surface area contributed by atoms with Gasteiger partial charge in [0.1, 0.15) is 18.0 Å². The summed E-state index contributed by atoms with van der Waals surface area (Å²) in [6.45, 7) is 6.01. The second-order valence-corrected chi connectivity index (χ2v) is 5.07. The summed E-state index contributed by atoms with van der Waals surface area (Å²) >= 11 is 0. The van der Waals surface area contributed by atoms with Crippen LogP contribution in [0.1, 0.15) is 20.8 Å². The van der Waals surface area contributed by atoms with E-state index < -0.39 is 11.7 Å². The van der Waals surface area contributed by atoms with Gasteiger partial charge in [-0.1, -0.05) is 0 Å². The van der Waals surface area contributed by atoms with Gasteiger partial charge in [-0.2, -0.15) is 0 Å². The largest absolute Gasteiger partial charge is 0.490 e. The molecule has 0 aliphatic rings. The average molecular weight is 267 g/mol. The van der Waals surface area contributed by atoms with Crippen LogP contribution < -0.4 is 21.5 Å². The number of alkyl carbamates (subject to hydrolysis) is 1. The number of carbonyl (C=O) groups excluding carboxylic acids is 1. The first-order valence-corrected chi connectivity index (χ1v) is 6.02. The SMILES string of the molecule is CC(C)(C)OC(=O)NCCOc1cc(N)ccc1N. The third-order valence-corrected chi connectivity index (χ3v) is 2.07. The molecular formula is C13H21N3O3. The second-order valence-electron chi connectivity index (χ2n) is 5.07. The molecule has 0 unspecified atom stereocenters. The maximum absolute atomic E-state index is 11.4. The van der Waals surface area contributed by atoms with Crippen molar-refractivity contribution in [2.75, 3.05) is 24.6 Å². The monoisotopic (exact) mass is 267 g/mol. The molecule has 0 radical (unpaired) electrons. The molecule has 106 valence electrons. The summed E-state index contributed by atoms with van der Waals surface area (Å²) in [5, 5.41) is 2.59. The van der Waals surface area contributed by atoms with Crippen LogP contribution in [0.15, 0.2) is 18.2 Å². The van der Waals surface area contributed by atoms with Crippen molar-refractivity contribution in [1.29, 1.82) is 0 Å². The number of hydrogen-bond acceptors (Lipinski definition) is 5. The number of benzene rings is 1. The van der Waals surface area contributed by atoms with E-state index in [2.05, 4.69) is 5.32 Å². The minimum Gasteiger partial charge on any atom is -0.490 e. The topological polar surface area (TPSA) is 99.6 Å². The lowest BCUT2D eigenvalue weighted by atomic mass is 10.2. The normalized spacial score (nSPS) is 10.9. The summed E-state index contributed by atoms with van der Waals surface area (Å²) in [5.74, 6) is 0.506. The fourth-order valence-electron chi connectivity index (χ4n) is 1.30. The van der Waals surface area contributed by atoms with Crippen LogP contribution >= 0.6 is 0 Å². The van der Waals surface area contributed by atoms with Gasteiger partial charge in [-0.15, -0.1) is 0 Å². The molecule has 1 aromatic carbocycles. The van der Waals surface area contributed by atoms with Crippen molar-refractivity contribution in [3.8, 4) is 5.75 Å². The molecule has 19 heavy (non-hydrogen) atoms. The molecule has 5 N–H and O–H groups in total. The fourth-order valence-corrected chi connectivity index (χ4v) is 1.30. The van der Waals surface area contributed by atoms with Crippen molar-refractivity contribution in [3.05, 3.63) is 18.2 Å². The summed E-state index contributed by atoms with van der Waals surface area (Å²) < 4.78 is 10.5. The van der Waals surface area contributed by atoms with Crippen molar-refractivity contribution < 1.29 is 14.3 Å². The molecule has 0 atom stereocenters. The number of ether oxygens (including phenoxy) is 2. The van der Waals surface area contributed by atoms with Crippen LogP contribution in [0.3, 0.4) is 0 Å². The standard InChI is InChI=1S/C13H21N3O3/c1-13(2,3)19-12(17)16-6-7-18-11-8-9(14)4-5-10(11)15/h4-5,8H,6-7,14-15H2,1-3H3,(H,16,17). The van der Waals surface area contributed by atoms with E-state index in [9.17, 15) is 4.79 Å².